The predicted molar refractivity (Wildman–Crippen MR) is 88.8 cm³/mol. The molecular formula is C17H17N3O5. The Hall–Kier alpha value is -3.29. The van der Waals surface area contributed by atoms with E-state index in [2.05, 4.69) is 15.8 Å². The van der Waals surface area contributed by atoms with Gasteiger partial charge in [-0.2, -0.15) is 5.10 Å². The number of fused-ring (bicyclic) bond motifs is 1. The smallest absolute Gasteiger partial charge is 0.287 e. The summed E-state index contributed by atoms with van der Waals surface area (Å²) in [5, 5.41) is 6.47. The van der Waals surface area contributed by atoms with Crippen LogP contribution >= 0.6 is 0 Å². The van der Waals surface area contributed by atoms with Crippen LogP contribution in [0, 0.1) is 0 Å². The molecule has 1 aliphatic rings. The lowest BCUT2D eigenvalue weighted by Gasteiger charge is -2.18. The molecule has 0 saturated carbocycles. The molecule has 1 aromatic heterocycles. The van der Waals surface area contributed by atoms with Crippen molar-refractivity contribution in [2.24, 2.45) is 5.10 Å². The first-order valence-electron chi connectivity index (χ1n) is 7.68. The van der Waals surface area contributed by atoms with Crippen molar-refractivity contribution in [1.82, 2.24) is 10.7 Å². The van der Waals surface area contributed by atoms with E-state index in [4.69, 9.17) is 13.9 Å². The van der Waals surface area contributed by atoms with E-state index in [1.807, 2.05) is 6.07 Å². The van der Waals surface area contributed by atoms with Gasteiger partial charge in [0.15, 0.2) is 17.3 Å². The summed E-state index contributed by atoms with van der Waals surface area (Å²) < 4.78 is 15.9. The van der Waals surface area contributed by atoms with E-state index < -0.39 is 11.8 Å². The summed E-state index contributed by atoms with van der Waals surface area (Å²) in [6.45, 7) is 2.57. The molecule has 1 aliphatic heterocycles. The maximum absolute atomic E-state index is 11.8. The third-order valence-corrected chi connectivity index (χ3v) is 3.46. The molecule has 0 saturated heterocycles. The summed E-state index contributed by atoms with van der Waals surface area (Å²) >= 11 is 0. The molecular weight excluding hydrogens is 326 g/mol. The van der Waals surface area contributed by atoms with E-state index in [0.29, 0.717) is 30.4 Å². The van der Waals surface area contributed by atoms with Crippen molar-refractivity contribution in [2.75, 3.05) is 19.8 Å². The SMILES string of the molecule is CC(=NNC(=O)CNC(=O)c1ccco1)c1ccc2c(c1)OCCO2. The zero-order valence-corrected chi connectivity index (χ0v) is 13.6. The molecule has 1 aromatic carbocycles. The fraction of sp³-hybridized carbons (Fsp3) is 0.235. The van der Waals surface area contributed by atoms with Crippen molar-refractivity contribution in [3.63, 3.8) is 0 Å². The molecule has 25 heavy (non-hydrogen) atoms. The van der Waals surface area contributed by atoms with Crippen LogP contribution in [-0.2, 0) is 4.79 Å². The zero-order chi connectivity index (χ0) is 17.6. The van der Waals surface area contributed by atoms with Crippen molar-refractivity contribution in [1.29, 1.82) is 0 Å². The molecule has 0 aliphatic carbocycles. The Balaban J connectivity index is 1.54. The molecule has 0 spiro atoms. The normalized spacial score (nSPS) is 13.2. The molecule has 2 heterocycles. The van der Waals surface area contributed by atoms with E-state index in [-0.39, 0.29) is 12.3 Å². The van der Waals surface area contributed by atoms with Crippen LogP contribution in [0.1, 0.15) is 23.0 Å². The quantitative estimate of drug-likeness (QED) is 0.630. The standard InChI is InChI=1S/C17H17N3O5/c1-11(12-4-5-13-15(9-12)25-8-7-24-13)19-20-16(21)10-18-17(22)14-3-2-6-23-14/h2-6,9H,7-8,10H2,1H3,(H,18,22)(H,20,21). The molecule has 2 aromatic rings. The fourth-order valence-corrected chi connectivity index (χ4v) is 2.17. The van der Waals surface area contributed by atoms with Gasteiger partial charge in [-0.1, -0.05) is 0 Å². The number of carbonyl (C=O) groups is 2. The minimum Gasteiger partial charge on any atom is -0.486 e. The van der Waals surface area contributed by atoms with E-state index in [1.165, 1.54) is 12.3 Å². The highest BCUT2D eigenvalue weighted by Gasteiger charge is 2.13. The maximum atomic E-state index is 11.8. The Morgan fingerprint density at radius 2 is 1.96 bits per heavy atom. The summed E-state index contributed by atoms with van der Waals surface area (Å²) in [4.78, 5) is 23.4. The third-order valence-electron chi connectivity index (χ3n) is 3.46. The summed E-state index contributed by atoms with van der Waals surface area (Å²) in [6.07, 6.45) is 1.38. The van der Waals surface area contributed by atoms with Crippen LogP contribution < -0.4 is 20.2 Å². The van der Waals surface area contributed by atoms with Crippen molar-refractivity contribution >= 4 is 17.5 Å². The average Bonchev–Trinajstić information content (AvgIpc) is 3.18. The molecule has 0 bridgehead atoms. The van der Waals surface area contributed by atoms with Crippen LogP contribution in [0.3, 0.4) is 0 Å². The fourth-order valence-electron chi connectivity index (χ4n) is 2.17. The van der Waals surface area contributed by atoms with E-state index >= 15 is 0 Å². The maximum Gasteiger partial charge on any atom is 0.287 e. The molecule has 0 atom stereocenters. The second kappa shape index (κ2) is 7.52. The Kier molecular flexibility index (Phi) is 4.98. The van der Waals surface area contributed by atoms with Gasteiger partial charge in [-0.05, 0) is 37.3 Å². The van der Waals surface area contributed by atoms with Gasteiger partial charge in [-0.3, -0.25) is 9.59 Å². The van der Waals surface area contributed by atoms with Crippen molar-refractivity contribution in [2.45, 2.75) is 6.92 Å². The lowest BCUT2D eigenvalue weighted by atomic mass is 10.1. The molecule has 3 rings (SSSR count). The van der Waals surface area contributed by atoms with Crippen molar-refractivity contribution < 1.29 is 23.5 Å². The summed E-state index contributed by atoms with van der Waals surface area (Å²) in [5.74, 6) is 0.566. The van der Waals surface area contributed by atoms with Crippen LogP contribution in [0.5, 0.6) is 11.5 Å². The zero-order valence-electron chi connectivity index (χ0n) is 13.6. The van der Waals surface area contributed by atoms with Gasteiger partial charge in [0.05, 0.1) is 18.5 Å². The largest absolute Gasteiger partial charge is 0.486 e. The highest BCUT2D eigenvalue weighted by atomic mass is 16.6. The number of nitrogens with zero attached hydrogens (tertiary/aromatic N) is 1. The van der Waals surface area contributed by atoms with Crippen molar-refractivity contribution in [3.8, 4) is 11.5 Å². The Morgan fingerprint density at radius 1 is 1.16 bits per heavy atom. The van der Waals surface area contributed by atoms with Crippen LogP contribution in [0.4, 0.5) is 0 Å². The van der Waals surface area contributed by atoms with Crippen LogP contribution in [-0.4, -0.2) is 37.3 Å². The molecule has 0 radical (unpaired) electrons. The summed E-state index contributed by atoms with van der Waals surface area (Å²) in [7, 11) is 0. The van der Waals surface area contributed by atoms with Gasteiger partial charge in [0.1, 0.15) is 13.2 Å². The number of rotatable bonds is 5. The molecule has 2 amide bonds. The molecule has 0 fully saturated rings. The predicted octanol–water partition coefficient (Wildman–Crippen LogP) is 1.32. The minimum absolute atomic E-state index is 0.142. The van der Waals surface area contributed by atoms with Crippen LogP contribution in [0.15, 0.2) is 46.1 Å². The Bertz CT molecular complexity index is 799. The Labute approximate surface area is 143 Å². The highest BCUT2D eigenvalue weighted by molar-refractivity contribution is 6.00. The van der Waals surface area contributed by atoms with Gasteiger partial charge in [0.25, 0.3) is 11.8 Å². The first-order valence-corrected chi connectivity index (χ1v) is 7.68. The van der Waals surface area contributed by atoms with E-state index in [1.54, 1.807) is 25.1 Å². The number of hydrazone groups is 1. The third kappa shape index (κ3) is 4.17. The lowest BCUT2D eigenvalue weighted by molar-refractivity contribution is -0.120. The number of hydrogen-bond acceptors (Lipinski definition) is 6. The number of furan rings is 1. The second-order valence-electron chi connectivity index (χ2n) is 5.25. The first kappa shape index (κ1) is 16.6. The van der Waals surface area contributed by atoms with Gasteiger partial charge in [0, 0.05) is 5.56 Å². The number of carbonyl (C=O) groups excluding carboxylic acids is 2. The van der Waals surface area contributed by atoms with Crippen LogP contribution in [0.25, 0.3) is 0 Å². The van der Waals surface area contributed by atoms with Gasteiger partial charge in [-0.25, -0.2) is 5.43 Å². The molecule has 0 unspecified atom stereocenters. The average molecular weight is 343 g/mol. The molecule has 8 heteroatoms. The summed E-state index contributed by atoms with van der Waals surface area (Å²) in [6, 6.07) is 8.54. The van der Waals surface area contributed by atoms with Crippen molar-refractivity contribution in [3.05, 3.63) is 47.9 Å². The Morgan fingerprint density at radius 3 is 2.72 bits per heavy atom. The van der Waals surface area contributed by atoms with Gasteiger partial charge in [0.2, 0.25) is 0 Å². The van der Waals surface area contributed by atoms with Crippen LogP contribution in [0.2, 0.25) is 0 Å². The molecule has 2 N–H and O–H groups in total. The van der Waals surface area contributed by atoms with Gasteiger partial charge >= 0.3 is 0 Å². The number of nitrogens with one attached hydrogen (secondary N) is 2. The van der Waals surface area contributed by atoms with E-state index in [9.17, 15) is 9.59 Å². The molecule has 130 valence electrons. The molecule has 8 nitrogen and oxygen atoms in total. The lowest BCUT2D eigenvalue weighted by Crippen LogP contribution is -2.35. The highest BCUT2D eigenvalue weighted by Crippen LogP contribution is 2.30. The topological polar surface area (TPSA) is 102 Å². The minimum atomic E-state index is -0.465. The summed E-state index contributed by atoms with van der Waals surface area (Å²) in [5.41, 5.74) is 3.79. The monoisotopic (exact) mass is 343 g/mol. The van der Waals surface area contributed by atoms with Gasteiger partial charge < -0.3 is 19.2 Å². The number of amides is 2. The second-order valence-corrected chi connectivity index (χ2v) is 5.25. The van der Waals surface area contributed by atoms with Gasteiger partial charge in [-0.15, -0.1) is 0 Å². The first-order chi connectivity index (χ1) is 12.1. The number of hydrogen-bond donors (Lipinski definition) is 2. The number of benzene rings is 1. The van der Waals surface area contributed by atoms with E-state index in [0.717, 1.165) is 5.56 Å². The number of ether oxygens (including phenoxy) is 2.